The second kappa shape index (κ2) is 4.97. The van der Waals surface area contributed by atoms with E-state index in [1.807, 2.05) is 0 Å². The average Bonchev–Trinajstić information content (AvgIpc) is 1.69. The van der Waals surface area contributed by atoms with E-state index in [9.17, 15) is 0 Å². The molecule has 0 heterocycles. The number of benzene rings is 1. The predicted molar refractivity (Wildman–Crippen MR) is 37.4 cm³/mol. The van der Waals surface area contributed by atoms with Crippen molar-refractivity contribution in [3.05, 3.63) is 35.4 Å². The van der Waals surface area contributed by atoms with Gasteiger partial charge in [0.15, 0.2) is 0 Å². The predicted octanol–water partition coefficient (Wildman–Crippen LogP) is 1.49. The molecule has 0 aliphatic heterocycles. The number of hydrogen-bond acceptors (Lipinski definition) is 0. The van der Waals surface area contributed by atoms with E-state index < -0.39 is 0 Å². The van der Waals surface area contributed by atoms with Gasteiger partial charge in [0.2, 0.25) is 0 Å². The summed E-state index contributed by atoms with van der Waals surface area (Å²) in [4.78, 5) is 0. The molecule has 0 saturated carbocycles. The molecule has 0 aliphatic rings. The third kappa shape index (κ3) is 3.23. The van der Waals surface area contributed by atoms with Crippen molar-refractivity contribution in [1.82, 2.24) is 0 Å². The van der Waals surface area contributed by atoms with Crippen molar-refractivity contribution in [3.8, 4) is 0 Å². The first-order valence-electron chi connectivity index (χ1n) is 2.01. The molecular weight excluding hydrogens is 147 g/mol. The molecule has 0 N–H and O–H groups in total. The summed E-state index contributed by atoms with van der Waals surface area (Å²) in [5.41, 5.74) is 0. The van der Waals surface area contributed by atoms with Gasteiger partial charge in [-0.15, -0.1) is 0 Å². The van der Waals surface area contributed by atoms with Crippen LogP contribution in [0, 0.1) is 6.07 Å². The molecule has 0 unspecified atom stereocenters. The van der Waals surface area contributed by atoms with Gasteiger partial charge in [-0.05, 0) is 18.2 Å². The van der Waals surface area contributed by atoms with Crippen LogP contribution in [0.5, 0.6) is 0 Å². The average molecular weight is 152 g/mol. The Balaban J connectivity index is 0.000000490. The molecule has 1 aromatic carbocycles. The summed E-state index contributed by atoms with van der Waals surface area (Å²) >= 11 is 5.52. The van der Waals surface area contributed by atoms with Crippen molar-refractivity contribution in [1.29, 1.82) is 0 Å². The first-order valence-corrected chi connectivity index (χ1v) is 2.39. The van der Waals surface area contributed by atoms with Crippen molar-refractivity contribution in [3.63, 3.8) is 0 Å². The van der Waals surface area contributed by atoms with E-state index in [2.05, 4.69) is 6.07 Å². The van der Waals surface area contributed by atoms with E-state index in [0.29, 0.717) is 0 Å². The number of rotatable bonds is 0. The molecule has 0 aliphatic carbocycles. The third-order valence-corrected chi connectivity index (χ3v) is 0.930. The van der Waals surface area contributed by atoms with Crippen LogP contribution < -0.4 is 0 Å². The van der Waals surface area contributed by atoms with Crippen molar-refractivity contribution >= 4 is 63.0 Å². The normalized spacial score (nSPS) is 7.62. The summed E-state index contributed by atoms with van der Waals surface area (Å²) < 4.78 is 0. The molecule has 0 fully saturated rings. The molecule has 1 radical (unpaired) electrons. The Bertz CT molecular complexity index is 138. The Morgan fingerprint density at radius 2 is 1.75 bits per heavy atom. The zero-order valence-corrected chi connectivity index (χ0v) is 4.44. The second-order valence-corrected chi connectivity index (χ2v) is 1.65. The van der Waals surface area contributed by atoms with Gasteiger partial charge in [-0.25, -0.2) is 0 Å². The summed E-state index contributed by atoms with van der Waals surface area (Å²) in [6, 6.07) is 10.00. The van der Waals surface area contributed by atoms with Crippen molar-refractivity contribution < 1.29 is 0 Å². The molecule has 1 aromatic rings. The summed E-state index contributed by atoms with van der Waals surface area (Å²) in [6.07, 6.45) is 0. The molecule has 0 nitrogen and oxygen atoms in total. The SMILES string of the molecule is Clc1cc[c]cc1.[KH]. The standard InChI is InChI=1S/C6H4Cl.K.H/c7-6-4-2-1-3-5-6;;/h2-5H;;. The quantitative estimate of drug-likeness (QED) is 0.493. The Morgan fingerprint density at radius 3 is 2.00 bits per heavy atom. The molecule has 0 spiro atoms. The maximum absolute atomic E-state index is 5.52. The first kappa shape index (κ1) is 9.15. The van der Waals surface area contributed by atoms with Crippen LogP contribution in [0.3, 0.4) is 0 Å². The molecule has 0 aromatic heterocycles. The van der Waals surface area contributed by atoms with E-state index in [1.165, 1.54) is 0 Å². The summed E-state index contributed by atoms with van der Waals surface area (Å²) in [5.74, 6) is 0. The number of hydrogen-bond donors (Lipinski definition) is 0. The molecule has 0 amide bonds. The maximum atomic E-state index is 5.52. The number of halogens is 1. The molecule has 0 bridgehead atoms. The van der Waals surface area contributed by atoms with Crippen molar-refractivity contribution in [2.45, 2.75) is 0 Å². The van der Waals surface area contributed by atoms with Gasteiger partial charge in [0, 0.05) is 5.02 Å². The van der Waals surface area contributed by atoms with E-state index in [0.717, 1.165) is 5.02 Å². The summed E-state index contributed by atoms with van der Waals surface area (Å²) in [7, 11) is 0. The van der Waals surface area contributed by atoms with E-state index in [1.54, 1.807) is 24.3 Å². The van der Waals surface area contributed by atoms with Crippen LogP contribution in [0.4, 0.5) is 0 Å². The van der Waals surface area contributed by atoms with E-state index in [-0.39, 0.29) is 51.4 Å². The van der Waals surface area contributed by atoms with Gasteiger partial charge in [0.05, 0.1) is 0 Å². The molecule has 2 heteroatoms. The van der Waals surface area contributed by atoms with Crippen LogP contribution in [0.1, 0.15) is 0 Å². The van der Waals surface area contributed by atoms with Gasteiger partial charge in [-0.3, -0.25) is 0 Å². The zero-order chi connectivity index (χ0) is 5.11. The van der Waals surface area contributed by atoms with Crippen molar-refractivity contribution in [2.75, 3.05) is 0 Å². The van der Waals surface area contributed by atoms with Gasteiger partial charge in [0.1, 0.15) is 0 Å². The minimum atomic E-state index is 0. The van der Waals surface area contributed by atoms with Crippen LogP contribution in [0.2, 0.25) is 5.02 Å². The third-order valence-electron chi connectivity index (χ3n) is 0.678. The molecular formula is C6H5ClK. The van der Waals surface area contributed by atoms with E-state index in [4.69, 9.17) is 11.6 Å². The molecule has 37 valence electrons. The monoisotopic (exact) mass is 151 g/mol. The Labute approximate surface area is 96.7 Å². The molecule has 0 atom stereocenters. The molecule has 1 rings (SSSR count). The summed E-state index contributed by atoms with van der Waals surface area (Å²) in [6.45, 7) is 0. The van der Waals surface area contributed by atoms with Crippen LogP contribution in [0.25, 0.3) is 0 Å². The fourth-order valence-electron chi connectivity index (χ4n) is 0.367. The van der Waals surface area contributed by atoms with Gasteiger partial charge in [0.25, 0.3) is 0 Å². The zero-order valence-electron chi connectivity index (χ0n) is 3.69. The second-order valence-electron chi connectivity index (χ2n) is 1.22. The minimum absolute atomic E-state index is 0. The fraction of sp³-hybridized carbons (Fsp3) is 0. The van der Waals surface area contributed by atoms with Crippen LogP contribution in [-0.4, -0.2) is 51.4 Å². The first-order chi connectivity index (χ1) is 3.39. The Morgan fingerprint density at radius 1 is 1.25 bits per heavy atom. The van der Waals surface area contributed by atoms with Gasteiger partial charge in [-0.1, -0.05) is 23.7 Å². The summed E-state index contributed by atoms with van der Waals surface area (Å²) in [5, 5.41) is 0.763. The van der Waals surface area contributed by atoms with Crippen LogP contribution in [0.15, 0.2) is 24.3 Å². The Hall–Kier alpha value is 1.15. The topological polar surface area (TPSA) is 0 Å². The van der Waals surface area contributed by atoms with Crippen molar-refractivity contribution in [2.24, 2.45) is 0 Å². The fourth-order valence-corrected chi connectivity index (χ4v) is 0.493. The van der Waals surface area contributed by atoms with E-state index >= 15 is 0 Å². The van der Waals surface area contributed by atoms with Gasteiger partial charge >= 0.3 is 51.4 Å². The van der Waals surface area contributed by atoms with Gasteiger partial charge in [-0.2, -0.15) is 0 Å². The van der Waals surface area contributed by atoms with Crippen LogP contribution >= 0.6 is 11.6 Å². The molecule has 8 heavy (non-hydrogen) atoms. The van der Waals surface area contributed by atoms with Crippen LogP contribution in [-0.2, 0) is 0 Å². The Kier molecular flexibility index (Phi) is 5.69. The molecule has 0 saturated heterocycles. The van der Waals surface area contributed by atoms with Gasteiger partial charge < -0.3 is 0 Å².